The van der Waals surface area contributed by atoms with E-state index in [1.54, 1.807) is 11.9 Å². The largest absolute Gasteiger partial charge is 0.375 e. The van der Waals surface area contributed by atoms with Gasteiger partial charge in [-0.2, -0.15) is 5.01 Å². The number of nitrogens with zero attached hydrogens (tertiary/aromatic N) is 5. The van der Waals surface area contributed by atoms with Gasteiger partial charge in [0.15, 0.2) is 5.13 Å². The van der Waals surface area contributed by atoms with Gasteiger partial charge in [0.2, 0.25) is 5.91 Å². The number of carbonyl (C=O) groups is 2. The first-order chi connectivity index (χ1) is 19.6. The van der Waals surface area contributed by atoms with Crippen LogP contribution in [-0.2, 0) is 17.8 Å². The zero-order chi connectivity index (χ0) is 29.3. The molecule has 10 nitrogen and oxygen atoms in total. The molecule has 3 atom stereocenters. The number of carbonyl (C=O) groups excluding carboxylic acids is 2. The van der Waals surface area contributed by atoms with Gasteiger partial charge in [-0.15, -0.1) is 0 Å². The molecule has 0 saturated carbocycles. The minimum absolute atomic E-state index is 0.0593. The molecule has 1 aromatic heterocycles. The van der Waals surface area contributed by atoms with Crippen LogP contribution in [0.3, 0.4) is 0 Å². The van der Waals surface area contributed by atoms with Crippen LogP contribution in [0.5, 0.6) is 0 Å². The van der Waals surface area contributed by atoms with E-state index >= 15 is 0 Å². The Morgan fingerprint density at radius 2 is 2.00 bits per heavy atom. The standard InChI is InChI=1S/C30H41N7O3S/c1-5-6-15-32-29(39)37(20(2)3)35-19-30(4,40)36-23(16-21-11-8-7-9-12-21)27(38)34(18-25(35)36)17-22-13-10-14-24-26(22)33-28(31)41-24/h7-14,20,23,25,40H,5-6,15-19H2,1-4H3,(H2,31,33)(H,32,39)/t23-,25+,30?/m0/s1. The predicted octanol–water partition coefficient (Wildman–Crippen LogP) is 3.62. The number of hydrazine groups is 1. The zero-order valence-corrected chi connectivity index (χ0v) is 25.1. The third-order valence-electron chi connectivity index (χ3n) is 7.93. The second-order valence-electron chi connectivity index (χ2n) is 11.5. The second-order valence-corrected chi connectivity index (χ2v) is 12.5. The van der Waals surface area contributed by atoms with Gasteiger partial charge in [0.05, 0.1) is 29.3 Å². The first kappa shape index (κ1) is 29.2. The molecule has 2 aliphatic heterocycles. The minimum Gasteiger partial charge on any atom is -0.375 e. The van der Waals surface area contributed by atoms with Crippen molar-refractivity contribution in [2.24, 2.45) is 0 Å². The quantitative estimate of drug-likeness (QED) is 0.332. The summed E-state index contributed by atoms with van der Waals surface area (Å²) in [5.74, 6) is -0.0593. The van der Waals surface area contributed by atoms with Crippen molar-refractivity contribution in [3.05, 3.63) is 59.7 Å². The van der Waals surface area contributed by atoms with Crippen LogP contribution in [-0.4, -0.2) is 85.5 Å². The smallest absolute Gasteiger partial charge is 0.332 e. The SMILES string of the molecule is CCCCNC(=O)N(C(C)C)N1CC(C)(O)N2[C@@H]1CN(Cc1cccc3sc(N)nc13)C(=O)[C@@H]2Cc1ccccc1. The summed E-state index contributed by atoms with van der Waals surface area (Å²) in [5, 5.41) is 19.0. The molecule has 1 unspecified atom stereocenters. The number of hydrogen-bond acceptors (Lipinski definition) is 8. The van der Waals surface area contributed by atoms with Gasteiger partial charge in [-0.05, 0) is 50.8 Å². The van der Waals surface area contributed by atoms with Crippen molar-refractivity contribution >= 4 is 38.6 Å². The molecule has 0 spiro atoms. The zero-order valence-electron chi connectivity index (χ0n) is 24.3. The Kier molecular flexibility index (Phi) is 8.51. The molecule has 3 amide bonds. The first-order valence-electron chi connectivity index (χ1n) is 14.4. The summed E-state index contributed by atoms with van der Waals surface area (Å²) in [7, 11) is 0. The lowest BCUT2D eigenvalue weighted by atomic mass is 9.98. The summed E-state index contributed by atoms with van der Waals surface area (Å²) in [4.78, 5) is 36.0. The van der Waals surface area contributed by atoms with Crippen molar-refractivity contribution in [1.29, 1.82) is 0 Å². The fraction of sp³-hybridized carbons (Fsp3) is 0.500. The van der Waals surface area contributed by atoms with E-state index in [-0.39, 0.29) is 24.5 Å². The third kappa shape index (κ3) is 5.90. The molecule has 3 aromatic rings. The van der Waals surface area contributed by atoms with Crippen LogP contribution in [0.2, 0.25) is 0 Å². The second kappa shape index (κ2) is 11.9. The van der Waals surface area contributed by atoms with Crippen LogP contribution in [0.1, 0.15) is 51.7 Å². The molecule has 2 fully saturated rings. The number of anilines is 1. The van der Waals surface area contributed by atoms with Gasteiger partial charge in [0.25, 0.3) is 0 Å². The number of aromatic nitrogens is 1. The van der Waals surface area contributed by atoms with E-state index in [1.807, 2.05) is 77.2 Å². The van der Waals surface area contributed by atoms with Gasteiger partial charge in [-0.3, -0.25) is 9.80 Å². The lowest BCUT2D eigenvalue weighted by Crippen LogP contribution is -2.68. The maximum Gasteiger partial charge on any atom is 0.332 e. The van der Waals surface area contributed by atoms with Gasteiger partial charge in [-0.25, -0.2) is 14.7 Å². The van der Waals surface area contributed by atoms with Crippen molar-refractivity contribution in [3.8, 4) is 0 Å². The van der Waals surface area contributed by atoms with E-state index in [9.17, 15) is 14.7 Å². The predicted molar refractivity (Wildman–Crippen MR) is 162 cm³/mol. The lowest BCUT2D eigenvalue weighted by molar-refractivity contribution is -0.169. The summed E-state index contributed by atoms with van der Waals surface area (Å²) < 4.78 is 0.979. The van der Waals surface area contributed by atoms with Crippen molar-refractivity contribution < 1.29 is 14.7 Å². The molecular weight excluding hydrogens is 538 g/mol. The number of piperazine rings is 1. The molecule has 3 heterocycles. The minimum atomic E-state index is -1.33. The molecule has 2 aliphatic rings. The van der Waals surface area contributed by atoms with Crippen LogP contribution in [0.25, 0.3) is 10.2 Å². The summed E-state index contributed by atoms with van der Waals surface area (Å²) in [6.45, 7) is 9.22. The van der Waals surface area contributed by atoms with Crippen molar-refractivity contribution in [2.75, 3.05) is 25.4 Å². The Bertz CT molecular complexity index is 1380. The molecule has 220 valence electrons. The van der Waals surface area contributed by atoms with Crippen molar-refractivity contribution in [1.82, 2.24) is 30.1 Å². The topological polar surface area (TPSA) is 118 Å². The fourth-order valence-corrected chi connectivity index (χ4v) is 6.93. The Morgan fingerprint density at radius 1 is 1.24 bits per heavy atom. The number of para-hydroxylation sites is 1. The highest BCUT2D eigenvalue weighted by Gasteiger charge is 2.57. The molecule has 5 rings (SSSR count). The van der Waals surface area contributed by atoms with Crippen LogP contribution in [0.15, 0.2) is 48.5 Å². The van der Waals surface area contributed by atoms with E-state index < -0.39 is 17.9 Å². The maximum atomic E-state index is 14.2. The summed E-state index contributed by atoms with van der Waals surface area (Å²) in [6, 6.07) is 14.8. The Morgan fingerprint density at radius 3 is 2.71 bits per heavy atom. The number of amides is 3. The number of nitrogens with two attached hydrogens (primary N) is 1. The van der Waals surface area contributed by atoms with Crippen LogP contribution in [0.4, 0.5) is 9.93 Å². The monoisotopic (exact) mass is 579 g/mol. The number of nitrogen functional groups attached to an aromatic ring is 1. The number of fused-ring (bicyclic) bond motifs is 2. The van der Waals surface area contributed by atoms with Gasteiger partial charge < -0.3 is 21.1 Å². The summed E-state index contributed by atoms with van der Waals surface area (Å²) in [6.07, 6.45) is 1.90. The van der Waals surface area contributed by atoms with Crippen molar-refractivity contribution in [3.63, 3.8) is 0 Å². The number of rotatable bonds is 9. The van der Waals surface area contributed by atoms with Gasteiger partial charge in [0.1, 0.15) is 11.9 Å². The van der Waals surface area contributed by atoms with E-state index in [1.165, 1.54) is 11.3 Å². The van der Waals surface area contributed by atoms with Gasteiger partial charge in [-0.1, -0.05) is 67.1 Å². The Balaban J connectivity index is 1.52. The highest BCUT2D eigenvalue weighted by atomic mass is 32.1. The number of nitrogens with one attached hydrogen (secondary N) is 1. The number of β-amino-alcohol motifs (C(OH)–C–C–N with tert-alkyl or cyclic N) is 1. The van der Waals surface area contributed by atoms with Crippen molar-refractivity contribution in [2.45, 2.75) is 77.5 Å². The number of aliphatic hydroxyl groups is 1. The molecule has 0 radical (unpaired) electrons. The molecule has 2 aromatic carbocycles. The number of thiazole rings is 1. The third-order valence-corrected chi connectivity index (χ3v) is 8.78. The van der Waals surface area contributed by atoms with E-state index in [2.05, 4.69) is 17.2 Å². The Hall–Kier alpha value is -3.25. The first-order valence-corrected chi connectivity index (χ1v) is 15.2. The average molecular weight is 580 g/mol. The molecule has 0 bridgehead atoms. The maximum absolute atomic E-state index is 14.2. The summed E-state index contributed by atoms with van der Waals surface area (Å²) in [5.41, 5.74) is 7.43. The molecular formula is C30H41N7O3S. The number of benzene rings is 2. The summed E-state index contributed by atoms with van der Waals surface area (Å²) >= 11 is 1.43. The number of urea groups is 1. The number of unbranched alkanes of at least 4 members (excludes halogenated alkanes) is 1. The van der Waals surface area contributed by atoms with Crippen LogP contribution in [0, 0.1) is 0 Å². The molecule has 2 saturated heterocycles. The molecule has 41 heavy (non-hydrogen) atoms. The van der Waals surface area contributed by atoms with E-state index in [0.717, 1.165) is 34.2 Å². The molecule has 11 heteroatoms. The van der Waals surface area contributed by atoms with Gasteiger partial charge in [0, 0.05) is 19.1 Å². The number of hydrogen-bond donors (Lipinski definition) is 3. The lowest BCUT2D eigenvalue weighted by Gasteiger charge is -2.48. The van der Waals surface area contributed by atoms with Crippen LogP contribution >= 0.6 is 11.3 Å². The van der Waals surface area contributed by atoms with Gasteiger partial charge >= 0.3 is 6.03 Å². The molecule has 0 aliphatic carbocycles. The highest BCUT2D eigenvalue weighted by molar-refractivity contribution is 7.22. The van der Waals surface area contributed by atoms with E-state index in [4.69, 9.17) is 5.73 Å². The van der Waals surface area contributed by atoms with Crippen LogP contribution < -0.4 is 11.1 Å². The van der Waals surface area contributed by atoms with E-state index in [0.29, 0.717) is 31.2 Å². The average Bonchev–Trinajstić information content (AvgIpc) is 3.43. The fourth-order valence-electron chi connectivity index (χ4n) is 6.14. The Labute approximate surface area is 245 Å². The highest BCUT2D eigenvalue weighted by Crippen LogP contribution is 2.38. The molecule has 4 N–H and O–H groups in total. The normalized spacial score (nSPS) is 23.4.